The monoisotopic (exact) mass is 218 g/mol. The molecule has 0 amide bonds. The number of hydrogen-bond donors (Lipinski definition) is 1. The molecule has 2 rings (SSSR count). The fraction of sp³-hybridized carbons (Fsp3) is 0.385. The molecule has 1 fully saturated rings. The summed E-state index contributed by atoms with van der Waals surface area (Å²) in [4.78, 5) is 22.6. The number of rotatable bonds is 3. The summed E-state index contributed by atoms with van der Waals surface area (Å²) in [5.41, 5.74) is 1.04. The first kappa shape index (κ1) is 10.9. The molecule has 0 unspecified atom stereocenters. The molecule has 84 valence electrons. The minimum Gasteiger partial charge on any atom is -0.481 e. The Morgan fingerprint density at radius 1 is 1.31 bits per heavy atom. The summed E-state index contributed by atoms with van der Waals surface area (Å²) >= 11 is 0. The number of carboxylic acids is 1. The molecule has 16 heavy (non-hydrogen) atoms. The standard InChI is InChI=1S/C13H14O3/c14-12-7-6-10(13(15)16)11(12)8-9-4-2-1-3-5-9/h1-5,10-11H,6-8H2,(H,15,16)/t10-,11+/m0/s1. The molecular weight excluding hydrogens is 204 g/mol. The zero-order valence-electron chi connectivity index (χ0n) is 8.93. The molecule has 0 radical (unpaired) electrons. The molecule has 1 aliphatic carbocycles. The quantitative estimate of drug-likeness (QED) is 0.843. The van der Waals surface area contributed by atoms with Crippen molar-refractivity contribution in [3.63, 3.8) is 0 Å². The summed E-state index contributed by atoms with van der Waals surface area (Å²) < 4.78 is 0. The average Bonchev–Trinajstić information content (AvgIpc) is 2.62. The number of aliphatic carboxylic acids is 1. The summed E-state index contributed by atoms with van der Waals surface area (Å²) in [6, 6.07) is 9.60. The lowest BCUT2D eigenvalue weighted by Crippen LogP contribution is -2.24. The predicted molar refractivity (Wildman–Crippen MR) is 59.0 cm³/mol. The van der Waals surface area contributed by atoms with Crippen LogP contribution in [-0.2, 0) is 16.0 Å². The smallest absolute Gasteiger partial charge is 0.307 e. The Bertz CT molecular complexity index is 397. The fourth-order valence-electron chi connectivity index (χ4n) is 2.33. The topological polar surface area (TPSA) is 54.4 Å². The van der Waals surface area contributed by atoms with Gasteiger partial charge in [0.15, 0.2) is 0 Å². The number of benzene rings is 1. The predicted octanol–water partition coefficient (Wildman–Crippen LogP) is 1.91. The van der Waals surface area contributed by atoms with E-state index in [2.05, 4.69) is 0 Å². The van der Waals surface area contributed by atoms with Crippen molar-refractivity contribution < 1.29 is 14.7 Å². The van der Waals surface area contributed by atoms with E-state index in [9.17, 15) is 9.59 Å². The van der Waals surface area contributed by atoms with E-state index >= 15 is 0 Å². The molecule has 3 nitrogen and oxygen atoms in total. The lowest BCUT2D eigenvalue weighted by Gasteiger charge is -2.14. The largest absolute Gasteiger partial charge is 0.481 e. The van der Waals surface area contributed by atoms with Crippen molar-refractivity contribution >= 4 is 11.8 Å². The number of carbonyl (C=O) groups is 2. The van der Waals surface area contributed by atoms with Crippen molar-refractivity contribution in [3.05, 3.63) is 35.9 Å². The number of carboxylic acid groups (broad SMARTS) is 1. The third kappa shape index (κ3) is 2.13. The molecular formula is C13H14O3. The van der Waals surface area contributed by atoms with Crippen LogP contribution in [0.5, 0.6) is 0 Å². The Morgan fingerprint density at radius 2 is 2.00 bits per heavy atom. The van der Waals surface area contributed by atoms with Crippen LogP contribution in [0.2, 0.25) is 0 Å². The van der Waals surface area contributed by atoms with Gasteiger partial charge in [0, 0.05) is 12.3 Å². The van der Waals surface area contributed by atoms with E-state index in [4.69, 9.17) is 5.11 Å². The Hall–Kier alpha value is -1.64. The molecule has 2 atom stereocenters. The molecule has 0 aliphatic heterocycles. The number of hydrogen-bond acceptors (Lipinski definition) is 2. The van der Waals surface area contributed by atoms with Gasteiger partial charge in [-0.25, -0.2) is 0 Å². The van der Waals surface area contributed by atoms with Gasteiger partial charge in [0.05, 0.1) is 5.92 Å². The van der Waals surface area contributed by atoms with Crippen molar-refractivity contribution in [1.82, 2.24) is 0 Å². The zero-order valence-corrected chi connectivity index (χ0v) is 8.93. The summed E-state index contributed by atoms with van der Waals surface area (Å²) in [5, 5.41) is 9.03. The maximum atomic E-state index is 11.6. The second-order valence-corrected chi connectivity index (χ2v) is 4.25. The maximum absolute atomic E-state index is 11.6. The first-order valence-electron chi connectivity index (χ1n) is 5.48. The highest BCUT2D eigenvalue weighted by Crippen LogP contribution is 2.31. The van der Waals surface area contributed by atoms with Gasteiger partial charge in [0.2, 0.25) is 0 Å². The van der Waals surface area contributed by atoms with Crippen molar-refractivity contribution in [3.8, 4) is 0 Å². The first-order chi connectivity index (χ1) is 7.68. The number of Topliss-reactive ketones (excluding diaryl/α,β-unsaturated/α-hetero) is 1. The highest BCUT2D eigenvalue weighted by molar-refractivity contribution is 5.89. The third-order valence-electron chi connectivity index (χ3n) is 3.22. The van der Waals surface area contributed by atoms with E-state index in [1.807, 2.05) is 30.3 Å². The van der Waals surface area contributed by atoms with Gasteiger partial charge < -0.3 is 5.11 Å². The van der Waals surface area contributed by atoms with Crippen LogP contribution in [-0.4, -0.2) is 16.9 Å². The molecule has 0 aromatic heterocycles. The average molecular weight is 218 g/mol. The molecule has 1 aromatic carbocycles. The van der Waals surface area contributed by atoms with E-state index in [1.165, 1.54) is 0 Å². The van der Waals surface area contributed by atoms with Crippen LogP contribution < -0.4 is 0 Å². The van der Waals surface area contributed by atoms with Gasteiger partial charge in [-0.05, 0) is 18.4 Å². The van der Waals surface area contributed by atoms with Crippen LogP contribution in [0, 0.1) is 11.8 Å². The van der Waals surface area contributed by atoms with Crippen LogP contribution in [0.15, 0.2) is 30.3 Å². The van der Waals surface area contributed by atoms with E-state index in [-0.39, 0.29) is 11.7 Å². The van der Waals surface area contributed by atoms with Crippen LogP contribution in [0.4, 0.5) is 0 Å². The van der Waals surface area contributed by atoms with Gasteiger partial charge in [0.1, 0.15) is 5.78 Å². The number of ketones is 1. The molecule has 1 saturated carbocycles. The summed E-state index contributed by atoms with van der Waals surface area (Å²) in [6.45, 7) is 0. The van der Waals surface area contributed by atoms with Crippen molar-refractivity contribution in [2.45, 2.75) is 19.3 Å². The number of carbonyl (C=O) groups excluding carboxylic acids is 1. The Labute approximate surface area is 94.1 Å². The SMILES string of the molecule is O=C(O)[C@H]1CCC(=O)[C@@H]1Cc1ccccc1. The molecule has 0 saturated heterocycles. The molecule has 1 aliphatic rings. The maximum Gasteiger partial charge on any atom is 0.307 e. The molecule has 0 bridgehead atoms. The van der Waals surface area contributed by atoms with Gasteiger partial charge in [-0.1, -0.05) is 30.3 Å². The highest BCUT2D eigenvalue weighted by Gasteiger charge is 2.38. The lowest BCUT2D eigenvalue weighted by molar-refractivity contribution is -0.144. The zero-order chi connectivity index (χ0) is 11.5. The van der Waals surface area contributed by atoms with Gasteiger partial charge in [-0.2, -0.15) is 0 Å². The van der Waals surface area contributed by atoms with E-state index in [0.29, 0.717) is 19.3 Å². The summed E-state index contributed by atoms with van der Waals surface area (Å²) in [5.74, 6) is -1.57. The van der Waals surface area contributed by atoms with Gasteiger partial charge >= 0.3 is 5.97 Å². The molecule has 0 spiro atoms. The molecule has 1 aromatic rings. The minimum atomic E-state index is -0.841. The van der Waals surface area contributed by atoms with Gasteiger partial charge in [-0.3, -0.25) is 9.59 Å². The van der Waals surface area contributed by atoms with E-state index in [1.54, 1.807) is 0 Å². The van der Waals surface area contributed by atoms with Crippen molar-refractivity contribution in [1.29, 1.82) is 0 Å². The van der Waals surface area contributed by atoms with E-state index < -0.39 is 11.9 Å². The van der Waals surface area contributed by atoms with Crippen LogP contribution in [0.25, 0.3) is 0 Å². The third-order valence-corrected chi connectivity index (χ3v) is 3.22. The van der Waals surface area contributed by atoms with Gasteiger partial charge in [0.25, 0.3) is 0 Å². The van der Waals surface area contributed by atoms with Crippen LogP contribution >= 0.6 is 0 Å². The second kappa shape index (κ2) is 4.47. The first-order valence-corrected chi connectivity index (χ1v) is 5.48. The van der Waals surface area contributed by atoms with E-state index in [0.717, 1.165) is 5.56 Å². The summed E-state index contributed by atoms with van der Waals surface area (Å²) in [7, 11) is 0. The summed E-state index contributed by atoms with van der Waals surface area (Å²) in [6.07, 6.45) is 1.46. The van der Waals surface area contributed by atoms with Crippen LogP contribution in [0.3, 0.4) is 0 Å². The van der Waals surface area contributed by atoms with Gasteiger partial charge in [-0.15, -0.1) is 0 Å². The Kier molecular flexibility index (Phi) is 3.04. The molecule has 1 N–H and O–H groups in total. The Balaban J connectivity index is 2.13. The Morgan fingerprint density at radius 3 is 2.62 bits per heavy atom. The fourth-order valence-corrected chi connectivity index (χ4v) is 2.33. The lowest BCUT2D eigenvalue weighted by atomic mass is 9.89. The molecule has 3 heteroatoms. The highest BCUT2D eigenvalue weighted by atomic mass is 16.4. The van der Waals surface area contributed by atoms with Crippen molar-refractivity contribution in [2.24, 2.45) is 11.8 Å². The van der Waals surface area contributed by atoms with Crippen LogP contribution in [0.1, 0.15) is 18.4 Å². The normalized spacial score (nSPS) is 24.6. The molecule has 0 heterocycles. The minimum absolute atomic E-state index is 0.0938. The second-order valence-electron chi connectivity index (χ2n) is 4.25. The van der Waals surface area contributed by atoms with Crippen molar-refractivity contribution in [2.75, 3.05) is 0 Å².